The van der Waals surface area contributed by atoms with Crippen molar-refractivity contribution >= 4 is 11.7 Å². The number of aliphatic hydroxyl groups excluding tert-OH is 1. The lowest BCUT2D eigenvalue weighted by Crippen LogP contribution is -2.51. The maximum Gasteiger partial charge on any atom is 0.315 e. The van der Waals surface area contributed by atoms with Gasteiger partial charge >= 0.3 is 6.03 Å². The number of hydrogen-bond acceptors (Lipinski definition) is 3. The van der Waals surface area contributed by atoms with Gasteiger partial charge in [-0.1, -0.05) is 0 Å². The molecule has 1 unspecified atom stereocenters. The van der Waals surface area contributed by atoms with Crippen molar-refractivity contribution in [2.75, 3.05) is 31.1 Å². The van der Waals surface area contributed by atoms with Gasteiger partial charge in [-0.25, -0.2) is 9.18 Å². The minimum absolute atomic E-state index is 0.0764. The fourth-order valence-electron chi connectivity index (χ4n) is 3.36. The van der Waals surface area contributed by atoms with Crippen LogP contribution in [0.15, 0.2) is 18.2 Å². The molecular formula is C18H26FN3O2. The number of aryl methyl sites for hydroxylation is 1. The SMILES string of the molecule is Cc1cc(F)ccc1N1CCCC(NC(=O)NCC2(CO)CC2)C1. The molecule has 0 bridgehead atoms. The van der Waals surface area contributed by atoms with Gasteiger partial charge in [-0.15, -0.1) is 0 Å². The molecule has 2 amide bonds. The molecule has 0 radical (unpaired) electrons. The summed E-state index contributed by atoms with van der Waals surface area (Å²) in [5.74, 6) is -0.222. The van der Waals surface area contributed by atoms with Crippen molar-refractivity contribution in [2.24, 2.45) is 5.41 Å². The summed E-state index contributed by atoms with van der Waals surface area (Å²) >= 11 is 0. The number of benzene rings is 1. The Morgan fingerprint density at radius 1 is 1.46 bits per heavy atom. The van der Waals surface area contributed by atoms with Gasteiger partial charge in [0.15, 0.2) is 0 Å². The Morgan fingerprint density at radius 3 is 2.92 bits per heavy atom. The second-order valence-electron chi connectivity index (χ2n) is 7.20. The van der Waals surface area contributed by atoms with Gasteiger partial charge in [0.2, 0.25) is 0 Å². The number of carbonyl (C=O) groups excluding carboxylic acids is 1. The molecule has 1 aromatic rings. The minimum atomic E-state index is -0.222. The van der Waals surface area contributed by atoms with Crippen LogP contribution >= 0.6 is 0 Å². The number of hydrogen-bond donors (Lipinski definition) is 3. The van der Waals surface area contributed by atoms with E-state index in [9.17, 15) is 14.3 Å². The molecule has 24 heavy (non-hydrogen) atoms. The monoisotopic (exact) mass is 335 g/mol. The molecule has 3 N–H and O–H groups in total. The van der Waals surface area contributed by atoms with Crippen molar-refractivity contribution in [1.29, 1.82) is 0 Å². The normalized spacial score (nSPS) is 22.1. The molecule has 1 aliphatic carbocycles. The van der Waals surface area contributed by atoms with Gasteiger partial charge < -0.3 is 20.6 Å². The predicted molar refractivity (Wildman–Crippen MR) is 91.7 cm³/mol. The van der Waals surface area contributed by atoms with Gasteiger partial charge in [0, 0.05) is 36.8 Å². The van der Waals surface area contributed by atoms with Crippen LogP contribution in [0.3, 0.4) is 0 Å². The molecule has 132 valence electrons. The lowest BCUT2D eigenvalue weighted by Gasteiger charge is -2.35. The number of rotatable bonds is 5. The highest BCUT2D eigenvalue weighted by molar-refractivity contribution is 5.74. The summed E-state index contributed by atoms with van der Waals surface area (Å²) in [5, 5.41) is 15.2. The third-order valence-corrected chi connectivity index (χ3v) is 5.17. The first-order valence-electron chi connectivity index (χ1n) is 8.68. The number of nitrogens with one attached hydrogen (secondary N) is 2. The summed E-state index contributed by atoms with van der Waals surface area (Å²) in [5.41, 5.74) is 1.86. The first-order valence-corrected chi connectivity index (χ1v) is 8.68. The van der Waals surface area contributed by atoms with Gasteiger partial charge in [-0.3, -0.25) is 0 Å². The zero-order valence-electron chi connectivity index (χ0n) is 14.1. The van der Waals surface area contributed by atoms with Crippen molar-refractivity contribution in [3.63, 3.8) is 0 Å². The Labute approximate surface area is 142 Å². The fourth-order valence-corrected chi connectivity index (χ4v) is 3.36. The van der Waals surface area contributed by atoms with Crippen LogP contribution in [0, 0.1) is 18.2 Å². The summed E-state index contributed by atoms with van der Waals surface area (Å²) in [6.07, 6.45) is 3.88. The number of amides is 2. The molecule has 1 atom stereocenters. The van der Waals surface area contributed by atoms with Crippen molar-refractivity contribution in [3.8, 4) is 0 Å². The van der Waals surface area contributed by atoms with Gasteiger partial charge in [0.25, 0.3) is 0 Å². The van der Waals surface area contributed by atoms with Crippen LogP contribution in [0.1, 0.15) is 31.2 Å². The Hall–Kier alpha value is -1.82. The molecule has 1 saturated heterocycles. The van der Waals surface area contributed by atoms with E-state index >= 15 is 0 Å². The van der Waals surface area contributed by atoms with Crippen molar-refractivity contribution in [1.82, 2.24) is 10.6 Å². The average Bonchev–Trinajstić information content (AvgIpc) is 3.34. The zero-order chi connectivity index (χ0) is 17.2. The van der Waals surface area contributed by atoms with E-state index in [1.807, 2.05) is 13.0 Å². The maximum atomic E-state index is 13.3. The average molecular weight is 335 g/mol. The fraction of sp³-hybridized carbons (Fsp3) is 0.611. The largest absolute Gasteiger partial charge is 0.396 e. The summed E-state index contributed by atoms with van der Waals surface area (Å²) < 4.78 is 13.3. The number of urea groups is 1. The van der Waals surface area contributed by atoms with Crippen LogP contribution in [0.4, 0.5) is 14.9 Å². The molecule has 2 aliphatic rings. The quantitative estimate of drug-likeness (QED) is 0.773. The standard InChI is InChI=1S/C18H26FN3O2/c1-13-9-14(19)4-5-16(13)22-8-2-3-15(10-22)21-17(24)20-11-18(12-23)6-7-18/h4-5,9,15,23H,2-3,6-8,10-12H2,1H3,(H2,20,21,24). The first kappa shape index (κ1) is 17.0. The molecule has 1 heterocycles. The number of anilines is 1. The number of piperidine rings is 1. The maximum absolute atomic E-state index is 13.3. The van der Waals surface area contributed by atoms with E-state index < -0.39 is 0 Å². The molecule has 1 aliphatic heterocycles. The molecule has 1 aromatic carbocycles. The van der Waals surface area contributed by atoms with Gasteiger partial charge in [-0.2, -0.15) is 0 Å². The topological polar surface area (TPSA) is 64.6 Å². The predicted octanol–water partition coefficient (Wildman–Crippen LogP) is 2.17. The second kappa shape index (κ2) is 6.97. The third kappa shape index (κ3) is 3.98. The highest BCUT2D eigenvalue weighted by Crippen LogP contribution is 2.44. The molecule has 1 saturated carbocycles. The van der Waals surface area contributed by atoms with Crippen LogP contribution in [-0.4, -0.2) is 43.4 Å². The molecule has 0 spiro atoms. The lowest BCUT2D eigenvalue weighted by molar-refractivity contribution is 0.201. The van der Waals surface area contributed by atoms with Crippen LogP contribution in [0.5, 0.6) is 0 Å². The summed E-state index contributed by atoms with van der Waals surface area (Å²) in [4.78, 5) is 14.3. The summed E-state index contributed by atoms with van der Waals surface area (Å²) in [7, 11) is 0. The Balaban J connectivity index is 1.52. The van der Waals surface area contributed by atoms with E-state index in [0.717, 1.165) is 50.0 Å². The van der Waals surface area contributed by atoms with Crippen molar-refractivity contribution < 1.29 is 14.3 Å². The van der Waals surface area contributed by atoms with E-state index in [1.165, 1.54) is 6.07 Å². The van der Waals surface area contributed by atoms with Crippen LogP contribution in [0.2, 0.25) is 0 Å². The lowest BCUT2D eigenvalue weighted by atomic mass is 10.0. The van der Waals surface area contributed by atoms with E-state index in [1.54, 1.807) is 6.07 Å². The van der Waals surface area contributed by atoms with Crippen LogP contribution in [0.25, 0.3) is 0 Å². The molecular weight excluding hydrogens is 309 g/mol. The molecule has 0 aromatic heterocycles. The minimum Gasteiger partial charge on any atom is -0.396 e. The highest BCUT2D eigenvalue weighted by Gasteiger charge is 2.42. The van der Waals surface area contributed by atoms with Crippen LogP contribution < -0.4 is 15.5 Å². The van der Waals surface area contributed by atoms with Crippen LogP contribution in [-0.2, 0) is 0 Å². The number of aliphatic hydroxyl groups is 1. The van der Waals surface area contributed by atoms with Gasteiger partial charge in [0.1, 0.15) is 5.82 Å². The molecule has 2 fully saturated rings. The summed E-state index contributed by atoms with van der Waals surface area (Å²) in [6.45, 7) is 4.22. The van der Waals surface area contributed by atoms with Crippen molar-refractivity contribution in [3.05, 3.63) is 29.6 Å². The summed E-state index contributed by atoms with van der Waals surface area (Å²) in [6, 6.07) is 4.74. The third-order valence-electron chi connectivity index (χ3n) is 5.17. The highest BCUT2D eigenvalue weighted by atomic mass is 19.1. The molecule has 3 rings (SSSR count). The Kier molecular flexibility index (Phi) is 4.94. The first-order chi connectivity index (χ1) is 11.5. The Bertz CT molecular complexity index is 604. The van der Waals surface area contributed by atoms with E-state index in [4.69, 9.17) is 0 Å². The van der Waals surface area contributed by atoms with Gasteiger partial charge in [-0.05, 0) is 56.4 Å². The number of nitrogens with zero attached hydrogens (tertiary/aromatic N) is 1. The van der Waals surface area contributed by atoms with E-state index in [0.29, 0.717) is 6.54 Å². The van der Waals surface area contributed by atoms with E-state index in [-0.39, 0.29) is 29.9 Å². The van der Waals surface area contributed by atoms with E-state index in [2.05, 4.69) is 15.5 Å². The number of carbonyl (C=O) groups is 1. The van der Waals surface area contributed by atoms with Gasteiger partial charge in [0.05, 0.1) is 6.61 Å². The second-order valence-corrected chi connectivity index (χ2v) is 7.20. The number of halogens is 1. The van der Waals surface area contributed by atoms with Crippen molar-refractivity contribution in [2.45, 2.75) is 38.6 Å². The molecule has 5 nitrogen and oxygen atoms in total. The molecule has 6 heteroatoms. The Morgan fingerprint density at radius 2 is 2.25 bits per heavy atom. The zero-order valence-corrected chi connectivity index (χ0v) is 14.1. The smallest absolute Gasteiger partial charge is 0.315 e.